The first-order valence-corrected chi connectivity index (χ1v) is 15.8. The second-order valence-electron chi connectivity index (χ2n) is 11.2. The number of carbonyl (C=O) groups excluding carboxylic acids is 1. The summed E-state index contributed by atoms with van der Waals surface area (Å²) in [7, 11) is -3.65. The minimum atomic E-state index is -3.65. The summed E-state index contributed by atoms with van der Waals surface area (Å²) < 4.78 is 28.6. The molecule has 4 unspecified atom stereocenters. The maximum absolute atomic E-state index is 13.5. The molecule has 2 aliphatic rings. The van der Waals surface area contributed by atoms with E-state index in [1.165, 1.54) is 0 Å². The molecule has 2 aromatic rings. The quantitative estimate of drug-likeness (QED) is 0.364. The summed E-state index contributed by atoms with van der Waals surface area (Å²) in [6.07, 6.45) is 5.97. The van der Waals surface area contributed by atoms with Gasteiger partial charge in [0.15, 0.2) is 0 Å². The fourth-order valence-corrected chi connectivity index (χ4v) is 7.40. The third kappa shape index (κ3) is 6.78. The topological polar surface area (TPSA) is 95.0 Å². The van der Waals surface area contributed by atoms with Crippen molar-refractivity contribution in [1.29, 1.82) is 0 Å². The average molecular weight is 587 g/mol. The summed E-state index contributed by atoms with van der Waals surface area (Å²) in [6.45, 7) is 7.83. The van der Waals surface area contributed by atoms with E-state index in [2.05, 4.69) is 4.90 Å². The molecule has 1 heterocycles. The SMILES string of the molecule is Cc1ccc(S(=O)(=O)N2CCN(c3cccc(Cl)c3)CC2)cc1CCC(C)C(C)C(=O)C1CC=CCC1C(=O)O. The number of hydrogen-bond donors (Lipinski definition) is 1. The van der Waals surface area contributed by atoms with Gasteiger partial charge in [0.1, 0.15) is 5.78 Å². The Kier molecular flexibility index (Phi) is 9.75. The predicted octanol–water partition coefficient (Wildman–Crippen LogP) is 5.60. The first-order valence-electron chi connectivity index (χ1n) is 14.0. The monoisotopic (exact) mass is 586 g/mol. The Hall–Kier alpha value is -2.68. The van der Waals surface area contributed by atoms with Gasteiger partial charge in [0, 0.05) is 48.7 Å². The van der Waals surface area contributed by atoms with E-state index in [0.29, 0.717) is 61.8 Å². The first kappa shape index (κ1) is 30.3. The summed E-state index contributed by atoms with van der Waals surface area (Å²) in [6, 6.07) is 12.9. The number of ketones is 1. The smallest absolute Gasteiger partial charge is 0.307 e. The highest BCUT2D eigenvalue weighted by molar-refractivity contribution is 7.89. The Bertz CT molecular complexity index is 1370. The second kappa shape index (κ2) is 12.9. The fraction of sp³-hybridized carbons (Fsp3) is 0.484. The van der Waals surface area contributed by atoms with E-state index >= 15 is 0 Å². The van der Waals surface area contributed by atoms with Crippen molar-refractivity contribution in [2.24, 2.45) is 23.7 Å². The standard InChI is InChI=1S/C31H39ClN2O5S/c1-21(23(3)30(35)28-9-4-5-10-29(28)31(36)37)11-13-24-19-27(14-12-22(24)2)40(38,39)34-17-15-33(16-18-34)26-8-6-7-25(32)20-26/h4-8,12,14,19-21,23,28-29H,9-11,13,15-18H2,1-3H3,(H,36,37). The summed E-state index contributed by atoms with van der Waals surface area (Å²) in [5, 5.41) is 10.2. The van der Waals surface area contributed by atoms with Crippen LogP contribution in [0.4, 0.5) is 5.69 Å². The molecule has 4 rings (SSSR count). The van der Waals surface area contributed by atoms with Crippen LogP contribution in [0.15, 0.2) is 59.5 Å². The molecule has 216 valence electrons. The summed E-state index contributed by atoms with van der Waals surface area (Å²) in [5.74, 6) is -2.30. The predicted molar refractivity (Wildman–Crippen MR) is 158 cm³/mol. The molecule has 4 atom stereocenters. The molecule has 1 aliphatic carbocycles. The fourth-order valence-electron chi connectivity index (χ4n) is 5.74. The molecule has 40 heavy (non-hydrogen) atoms. The van der Waals surface area contributed by atoms with Gasteiger partial charge in [-0.05, 0) is 80.0 Å². The van der Waals surface area contributed by atoms with Gasteiger partial charge in [-0.2, -0.15) is 4.31 Å². The number of aryl methyl sites for hydroxylation is 2. The molecular formula is C31H39ClN2O5S. The normalized spacial score (nSPS) is 21.6. The molecule has 1 aliphatic heterocycles. The maximum atomic E-state index is 13.5. The van der Waals surface area contributed by atoms with E-state index in [4.69, 9.17) is 11.6 Å². The zero-order valence-corrected chi connectivity index (χ0v) is 25.0. The number of halogens is 1. The highest BCUT2D eigenvalue weighted by atomic mass is 35.5. The van der Waals surface area contributed by atoms with Crippen LogP contribution in [-0.4, -0.2) is 55.8 Å². The van der Waals surface area contributed by atoms with E-state index in [9.17, 15) is 23.1 Å². The van der Waals surface area contributed by atoms with Crippen molar-refractivity contribution < 1.29 is 23.1 Å². The molecule has 7 nitrogen and oxygen atoms in total. The van der Waals surface area contributed by atoms with Crippen molar-refractivity contribution >= 4 is 39.1 Å². The van der Waals surface area contributed by atoms with Crippen LogP contribution in [0.1, 0.15) is 44.2 Å². The molecule has 1 fully saturated rings. The Balaban J connectivity index is 1.39. The number of anilines is 1. The second-order valence-corrected chi connectivity index (χ2v) is 13.5. The van der Waals surface area contributed by atoms with Gasteiger partial charge in [0.2, 0.25) is 10.0 Å². The lowest BCUT2D eigenvalue weighted by Gasteiger charge is -2.35. The Labute approximate surface area is 242 Å². The summed E-state index contributed by atoms with van der Waals surface area (Å²) in [4.78, 5) is 27.4. The van der Waals surface area contributed by atoms with Crippen LogP contribution in [0.5, 0.6) is 0 Å². The highest BCUT2D eigenvalue weighted by Crippen LogP contribution is 2.32. The molecule has 0 saturated carbocycles. The van der Waals surface area contributed by atoms with Gasteiger partial charge in [0.25, 0.3) is 0 Å². The van der Waals surface area contributed by atoms with E-state index in [0.717, 1.165) is 16.8 Å². The van der Waals surface area contributed by atoms with E-state index in [1.807, 2.05) is 63.3 Å². The third-order valence-electron chi connectivity index (χ3n) is 8.66. The first-order chi connectivity index (χ1) is 19.0. The van der Waals surface area contributed by atoms with Gasteiger partial charge in [-0.15, -0.1) is 0 Å². The van der Waals surface area contributed by atoms with Crippen LogP contribution in [0.2, 0.25) is 5.02 Å². The van der Waals surface area contributed by atoms with Crippen LogP contribution in [-0.2, 0) is 26.0 Å². The Morgan fingerprint density at radius 3 is 2.33 bits per heavy atom. The number of rotatable bonds is 10. The van der Waals surface area contributed by atoms with Gasteiger partial charge in [-0.1, -0.05) is 49.7 Å². The van der Waals surface area contributed by atoms with Gasteiger partial charge in [-0.3, -0.25) is 9.59 Å². The van der Waals surface area contributed by atoms with Gasteiger partial charge in [-0.25, -0.2) is 8.42 Å². The average Bonchev–Trinajstić information content (AvgIpc) is 2.95. The van der Waals surface area contributed by atoms with Crippen LogP contribution in [0, 0.1) is 30.6 Å². The van der Waals surface area contributed by atoms with Crippen molar-refractivity contribution in [3.05, 3.63) is 70.8 Å². The number of nitrogens with zero attached hydrogens (tertiary/aromatic N) is 2. The number of allylic oxidation sites excluding steroid dienone is 2. The largest absolute Gasteiger partial charge is 0.481 e. The van der Waals surface area contributed by atoms with Crippen molar-refractivity contribution in [2.75, 3.05) is 31.1 Å². The zero-order chi connectivity index (χ0) is 29.0. The number of sulfonamides is 1. The third-order valence-corrected chi connectivity index (χ3v) is 10.8. The number of hydrogen-bond acceptors (Lipinski definition) is 5. The van der Waals surface area contributed by atoms with Crippen LogP contribution in [0.3, 0.4) is 0 Å². The molecule has 1 N–H and O–H groups in total. The van der Waals surface area contributed by atoms with Gasteiger partial charge in [0.05, 0.1) is 10.8 Å². The van der Waals surface area contributed by atoms with Crippen molar-refractivity contribution in [3.8, 4) is 0 Å². The lowest BCUT2D eigenvalue weighted by Crippen LogP contribution is -2.48. The lowest BCUT2D eigenvalue weighted by molar-refractivity contribution is -0.148. The molecule has 2 aromatic carbocycles. The molecule has 1 saturated heterocycles. The van der Waals surface area contributed by atoms with Crippen LogP contribution < -0.4 is 4.90 Å². The van der Waals surface area contributed by atoms with Gasteiger partial charge < -0.3 is 10.0 Å². The Morgan fingerprint density at radius 1 is 1.00 bits per heavy atom. The van der Waals surface area contributed by atoms with Crippen molar-refractivity contribution in [2.45, 2.75) is 51.3 Å². The summed E-state index contributed by atoms with van der Waals surface area (Å²) >= 11 is 6.13. The minimum absolute atomic E-state index is 0.00853. The highest BCUT2D eigenvalue weighted by Gasteiger charge is 2.37. The van der Waals surface area contributed by atoms with E-state index in [1.54, 1.807) is 16.4 Å². The molecule has 9 heteroatoms. The maximum Gasteiger partial charge on any atom is 0.307 e. The van der Waals surface area contributed by atoms with Crippen LogP contribution in [0.25, 0.3) is 0 Å². The minimum Gasteiger partial charge on any atom is -0.481 e. The summed E-state index contributed by atoms with van der Waals surface area (Å²) in [5.41, 5.74) is 2.95. The van der Waals surface area contributed by atoms with Crippen LogP contribution >= 0.6 is 11.6 Å². The molecule has 0 spiro atoms. The number of Topliss-reactive ketones (excluding diaryl/α,β-unsaturated/α-hetero) is 1. The zero-order valence-electron chi connectivity index (χ0n) is 23.4. The number of carboxylic acids is 1. The molecule has 0 radical (unpaired) electrons. The molecule has 0 amide bonds. The van der Waals surface area contributed by atoms with Crippen molar-refractivity contribution in [1.82, 2.24) is 4.31 Å². The lowest BCUT2D eigenvalue weighted by atomic mass is 9.74. The Morgan fingerprint density at radius 2 is 1.68 bits per heavy atom. The van der Waals surface area contributed by atoms with Crippen molar-refractivity contribution in [3.63, 3.8) is 0 Å². The van der Waals surface area contributed by atoms with E-state index in [-0.39, 0.29) is 17.6 Å². The number of piperazine rings is 1. The molecule has 0 aromatic heterocycles. The number of benzene rings is 2. The molecular weight excluding hydrogens is 548 g/mol. The number of carboxylic acid groups (broad SMARTS) is 1. The number of aliphatic carboxylic acids is 1. The van der Waals surface area contributed by atoms with Gasteiger partial charge >= 0.3 is 5.97 Å². The van der Waals surface area contributed by atoms with E-state index < -0.39 is 27.8 Å². The molecule has 0 bridgehead atoms. The number of carbonyl (C=O) groups is 2.